The molecule has 1 aliphatic rings. The number of halogens is 1. The fourth-order valence-electron chi connectivity index (χ4n) is 3.79. The van der Waals surface area contributed by atoms with Gasteiger partial charge in [0.15, 0.2) is 0 Å². The minimum Gasteiger partial charge on any atom is -0.349 e. The molecule has 168 valence electrons. The number of nitrogens with two attached hydrogens (primary N) is 1. The van der Waals surface area contributed by atoms with Crippen LogP contribution in [0.25, 0.3) is 5.57 Å². The largest absolute Gasteiger partial charge is 0.349 e. The van der Waals surface area contributed by atoms with E-state index in [-0.39, 0.29) is 29.0 Å². The predicted molar refractivity (Wildman–Crippen MR) is 125 cm³/mol. The van der Waals surface area contributed by atoms with E-state index in [1.165, 1.54) is 12.1 Å². The lowest BCUT2D eigenvalue weighted by Gasteiger charge is -2.20. The summed E-state index contributed by atoms with van der Waals surface area (Å²) in [5.74, 6) is -1.09. The summed E-state index contributed by atoms with van der Waals surface area (Å²) in [7, 11) is 1.69. The van der Waals surface area contributed by atoms with E-state index in [2.05, 4.69) is 5.32 Å². The molecular weight excluding hydrogens is 405 g/mol. The summed E-state index contributed by atoms with van der Waals surface area (Å²) in [4.78, 5) is 27.8. The van der Waals surface area contributed by atoms with Gasteiger partial charge in [0.25, 0.3) is 11.8 Å². The predicted octanol–water partition coefficient (Wildman–Crippen LogP) is 3.46. The fraction of sp³-hybridized carbons (Fsp3) is 0.308. The molecule has 0 unspecified atom stereocenters. The van der Waals surface area contributed by atoms with Crippen molar-refractivity contribution in [2.45, 2.75) is 31.7 Å². The van der Waals surface area contributed by atoms with E-state index >= 15 is 0 Å². The third kappa shape index (κ3) is 6.14. The minimum atomic E-state index is -0.496. The Morgan fingerprint density at radius 2 is 1.88 bits per heavy atom. The lowest BCUT2D eigenvalue weighted by atomic mass is 9.99. The molecule has 1 atom stereocenters. The van der Waals surface area contributed by atoms with E-state index in [9.17, 15) is 14.0 Å². The van der Waals surface area contributed by atoms with Crippen molar-refractivity contribution in [3.05, 3.63) is 89.3 Å². The SMILES string of the molecule is CN1CCC/C=C(C(=O)N[C@H](CCN)Cc2ccccc2)/C=C(/c2ccccc2F)C1=O. The smallest absolute Gasteiger partial charge is 0.254 e. The van der Waals surface area contributed by atoms with E-state index in [0.717, 1.165) is 5.56 Å². The third-order valence-electron chi connectivity index (χ3n) is 5.54. The van der Waals surface area contributed by atoms with Crippen LogP contribution in [0, 0.1) is 5.82 Å². The standard InChI is InChI=1S/C26H30FN3O2/c1-30-16-8-7-11-20(18-23(26(30)32)22-12-5-6-13-24(22)27)25(31)29-21(14-15-28)17-19-9-3-2-4-10-19/h2-6,9-13,18,21H,7-8,14-17,28H2,1H3,(H,29,31)/b20-11-,23-18-/t21-/m1/s1. The van der Waals surface area contributed by atoms with E-state index in [1.807, 2.05) is 36.4 Å². The van der Waals surface area contributed by atoms with Crippen molar-refractivity contribution in [2.75, 3.05) is 20.1 Å². The van der Waals surface area contributed by atoms with Crippen LogP contribution in [0.5, 0.6) is 0 Å². The van der Waals surface area contributed by atoms with Gasteiger partial charge in [0.2, 0.25) is 0 Å². The lowest BCUT2D eigenvalue weighted by Crippen LogP contribution is -2.38. The molecule has 1 aliphatic heterocycles. The first kappa shape index (κ1) is 23.4. The summed E-state index contributed by atoms with van der Waals surface area (Å²) in [6.45, 7) is 0.969. The molecule has 32 heavy (non-hydrogen) atoms. The van der Waals surface area contributed by atoms with Gasteiger partial charge in [0.05, 0.1) is 5.57 Å². The molecule has 0 aromatic heterocycles. The lowest BCUT2D eigenvalue weighted by molar-refractivity contribution is -0.123. The molecule has 1 heterocycles. The Balaban J connectivity index is 1.90. The molecule has 0 aliphatic carbocycles. The normalized spacial score (nSPS) is 19.0. The summed E-state index contributed by atoms with van der Waals surface area (Å²) in [6, 6.07) is 15.9. The zero-order valence-electron chi connectivity index (χ0n) is 18.4. The Morgan fingerprint density at radius 3 is 2.59 bits per heavy atom. The van der Waals surface area contributed by atoms with Crippen LogP contribution in [0.15, 0.2) is 72.3 Å². The molecule has 5 nitrogen and oxygen atoms in total. The Labute approximate surface area is 188 Å². The number of carbonyl (C=O) groups is 2. The molecule has 0 saturated carbocycles. The first-order chi connectivity index (χ1) is 15.5. The molecule has 0 fully saturated rings. The maximum atomic E-state index is 14.5. The minimum absolute atomic E-state index is 0.146. The highest BCUT2D eigenvalue weighted by Gasteiger charge is 2.23. The van der Waals surface area contributed by atoms with Crippen LogP contribution in [0.2, 0.25) is 0 Å². The van der Waals surface area contributed by atoms with Gasteiger partial charge < -0.3 is 16.0 Å². The summed E-state index contributed by atoms with van der Waals surface area (Å²) in [6.07, 6.45) is 5.97. The third-order valence-corrected chi connectivity index (χ3v) is 5.54. The van der Waals surface area contributed by atoms with Gasteiger partial charge in [-0.1, -0.05) is 54.6 Å². The monoisotopic (exact) mass is 435 g/mol. The number of likely N-dealkylation sites (N-methyl/N-ethyl adjacent to an activating group) is 1. The number of carbonyl (C=O) groups excluding carboxylic acids is 2. The van der Waals surface area contributed by atoms with Crippen molar-refractivity contribution in [1.29, 1.82) is 0 Å². The fourth-order valence-corrected chi connectivity index (χ4v) is 3.79. The zero-order chi connectivity index (χ0) is 22.9. The number of allylic oxidation sites excluding steroid dienone is 1. The molecule has 0 radical (unpaired) electrons. The van der Waals surface area contributed by atoms with Gasteiger partial charge in [-0.3, -0.25) is 9.59 Å². The Hall–Kier alpha value is -3.25. The second-order valence-corrected chi connectivity index (χ2v) is 8.00. The summed E-state index contributed by atoms with van der Waals surface area (Å²) >= 11 is 0. The van der Waals surface area contributed by atoms with Crippen molar-refractivity contribution in [3.63, 3.8) is 0 Å². The van der Waals surface area contributed by atoms with Gasteiger partial charge in [-0.05, 0) is 49.9 Å². The van der Waals surface area contributed by atoms with Crippen LogP contribution in [-0.4, -0.2) is 42.9 Å². The number of hydrogen-bond donors (Lipinski definition) is 2. The highest BCUT2D eigenvalue weighted by atomic mass is 19.1. The molecule has 0 bridgehead atoms. The van der Waals surface area contributed by atoms with Crippen molar-refractivity contribution in [2.24, 2.45) is 5.73 Å². The van der Waals surface area contributed by atoms with E-state index in [1.54, 1.807) is 30.1 Å². The number of nitrogens with zero attached hydrogens (tertiary/aromatic N) is 1. The van der Waals surface area contributed by atoms with Crippen LogP contribution >= 0.6 is 0 Å². The van der Waals surface area contributed by atoms with Gasteiger partial charge in [0.1, 0.15) is 5.82 Å². The van der Waals surface area contributed by atoms with Gasteiger partial charge in [-0.25, -0.2) is 4.39 Å². The summed E-state index contributed by atoms with van der Waals surface area (Å²) < 4.78 is 14.5. The number of nitrogens with one attached hydrogen (secondary N) is 1. The zero-order valence-corrected chi connectivity index (χ0v) is 18.4. The van der Waals surface area contributed by atoms with Crippen molar-refractivity contribution in [3.8, 4) is 0 Å². The van der Waals surface area contributed by atoms with Crippen LogP contribution in [0.3, 0.4) is 0 Å². The van der Waals surface area contributed by atoms with E-state index in [4.69, 9.17) is 5.73 Å². The first-order valence-corrected chi connectivity index (χ1v) is 11.0. The Bertz CT molecular complexity index is 1000. The highest BCUT2D eigenvalue weighted by Crippen LogP contribution is 2.24. The van der Waals surface area contributed by atoms with Gasteiger partial charge >= 0.3 is 0 Å². The highest BCUT2D eigenvalue weighted by molar-refractivity contribution is 6.21. The molecule has 3 N–H and O–H groups in total. The second-order valence-electron chi connectivity index (χ2n) is 8.00. The van der Waals surface area contributed by atoms with Crippen LogP contribution < -0.4 is 11.1 Å². The summed E-state index contributed by atoms with van der Waals surface area (Å²) in [5.41, 5.74) is 7.61. The number of benzene rings is 2. The van der Waals surface area contributed by atoms with Gasteiger partial charge in [-0.2, -0.15) is 0 Å². The quantitative estimate of drug-likeness (QED) is 0.699. The van der Waals surface area contributed by atoms with E-state index in [0.29, 0.717) is 44.3 Å². The summed E-state index contributed by atoms with van der Waals surface area (Å²) in [5, 5.41) is 3.07. The molecule has 2 aromatic rings. The van der Waals surface area contributed by atoms with Gasteiger partial charge in [-0.15, -0.1) is 0 Å². The topological polar surface area (TPSA) is 75.4 Å². The van der Waals surface area contributed by atoms with Gasteiger partial charge in [0, 0.05) is 30.8 Å². The molecule has 2 aromatic carbocycles. The molecule has 3 rings (SSSR count). The maximum absolute atomic E-state index is 14.5. The molecule has 0 saturated heterocycles. The molecule has 0 spiro atoms. The van der Waals surface area contributed by atoms with Crippen molar-refractivity contribution in [1.82, 2.24) is 10.2 Å². The first-order valence-electron chi connectivity index (χ1n) is 11.0. The van der Waals surface area contributed by atoms with Crippen molar-refractivity contribution >= 4 is 17.4 Å². The second kappa shape index (κ2) is 11.4. The number of amides is 2. The van der Waals surface area contributed by atoms with Crippen LogP contribution in [-0.2, 0) is 16.0 Å². The van der Waals surface area contributed by atoms with Crippen LogP contribution in [0.1, 0.15) is 30.4 Å². The van der Waals surface area contributed by atoms with Crippen molar-refractivity contribution < 1.29 is 14.0 Å². The van der Waals surface area contributed by atoms with Crippen LogP contribution in [0.4, 0.5) is 4.39 Å². The number of rotatable bonds is 7. The average molecular weight is 436 g/mol. The Morgan fingerprint density at radius 1 is 1.16 bits per heavy atom. The molecule has 2 amide bonds. The average Bonchev–Trinajstić information content (AvgIpc) is 2.85. The molecular formula is C26H30FN3O2. The van der Waals surface area contributed by atoms with E-state index < -0.39 is 5.82 Å². The molecule has 6 heteroatoms. The maximum Gasteiger partial charge on any atom is 0.254 e. The number of hydrogen-bond acceptors (Lipinski definition) is 3. The Kier molecular flexibility index (Phi) is 8.34.